The summed E-state index contributed by atoms with van der Waals surface area (Å²) >= 11 is 0. The van der Waals surface area contributed by atoms with E-state index in [0.717, 1.165) is 18.7 Å². The SMILES string of the molecule is CCC(N)C(c1ccccc1OC)N(CC)C(C)C. The maximum atomic E-state index is 6.39. The highest BCUT2D eigenvalue weighted by molar-refractivity contribution is 5.37. The topological polar surface area (TPSA) is 38.5 Å². The second-order valence-electron chi connectivity index (χ2n) is 5.18. The van der Waals surface area contributed by atoms with Gasteiger partial charge in [-0.05, 0) is 32.9 Å². The quantitative estimate of drug-likeness (QED) is 0.822. The maximum absolute atomic E-state index is 6.39. The minimum absolute atomic E-state index is 0.110. The van der Waals surface area contributed by atoms with Crippen LogP contribution in [0.2, 0.25) is 0 Å². The van der Waals surface area contributed by atoms with Crippen LogP contribution >= 0.6 is 0 Å². The lowest BCUT2D eigenvalue weighted by atomic mass is 9.94. The van der Waals surface area contributed by atoms with Crippen molar-refractivity contribution in [2.45, 2.75) is 52.2 Å². The van der Waals surface area contributed by atoms with Crippen LogP contribution in [0.4, 0.5) is 0 Å². The summed E-state index contributed by atoms with van der Waals surface area (Å²) < 4.78 is 5.51. The van der Waals surface area contributed by atoms with Crippen LogP contribution in [0, 0.1) is 0 Å². The highest BCUT2D eigenvalue weighted by atomic mass is 16.5. The molecule has 0 bridgehead atoms. The Morgan fingerprint density at radius 3 is 2.32 bits per heavy atom. The monoisotopic (exact) mass is 264 g/mol. The predicted octanol–water partition coefficient (Wildman–Crippen LogP) is 3.20. The van der Waals surface area contributed by atoms with Crippen molar-refractivity contribution in [3.05, 3.63) is 29.8 Å². The van der Waals surface area contributed by atoms with Gasteiger partial charge in [0.1, 0.15) is 5.75 Å². The summed E-state index contributed by atoms with van der Waals surface area (Å²) in [5.74, 6) is 0.926. The van der Waals surface area contributed by atoms with E-state index in [1.807, 2.05) is 12.1 Å². The molecule has 3 nitrogen and oxygen atoms in total. The first kappa shape index (κ1) is 16.0. The fourth-order valence-electron chi connectivity index (χ4n) is 2.67. The first-order valence-electron chi connectivity index (χ1n) is 7.20. The minimum atomic E-state index is 0.110. The Kier molecular flexibility index (Phi) is 6.32. The van der Waals surface area contributed by atoms with E-state index in [2.05, 4.69) is 44.7 Å². The molecule has 1 aromatic rings. The van der Waals surface area contributed by atoms with Crippen molar-refractivity contribution in [1.82, 2.24) is 4.90 Å². The molecule has 0 aliphatic rings. The third kappa shape index (κ3) is 3.71. The number of methoxy groups -OCH3 is 1. The highest BCUT2D eigenvalue weighted by Crippen LogP contribution is 2.33. The zero-order valence-corrected chi connectivity index (χ0v) is 12.9. The Hall–Kier alpha value is -1.06. The van der Waals surface area contributed by atoms with Gasteiger partial charge < -0.3 is 10.5 Å². The molecular formula is C16H28N2O. The molecule has 1 rings (SSSR count). The summed E-state index contributed by atoms with van der Waals surface area (Å²) in [6, 6.07) is 8.97. The van der Waals surface area contributed by atoms with Crippen LogP contribution in [0.1, 0.15) is 45.7 Å². The molecule has 0 heterocycles. The van der Waals surface area contributed by atoms with Gasteiger partial charge in [-0.3, -0.25) is 4.90 Å². The normalized spacial score (nSPS) is 14.7. The molecule has 0 aromatic heterocycles. The molecule has 0 amide bonds. The fraction of sp³-hybridized carbons (Fsp3) is 0.625. The number of ether oxygens (including phenoxy) is 1. The van der Waals surface area contributed by atoms with E-state index in [1.54, 1.807) is 7.11 Å². The van der Waals surface area contributed by atoms with Crippen LogP contribution in [0.25, 0.3) is 0 Å². The number of nitrogens with zero attached hydrogens (tertiary/aromatic N) is 1. The van der Waals surface area contributed by atoms with Crippen LogP contribution in [0.5, 0.6) is 5.75 Å². The van der Waals surface area contributed by atoms with E-state index in [0.29, 0.717) is 6.04 Å². The van der Waals surface area contributed by atoms with Gasteiger partial charge >= 0.3 is 0 Å². The molecule has 1 aromatic carbocycles. The molecule has 0 aliphatic heterocycles. The Balaban J connectivity index is 3.22. The van der Waals surface area contributed by atoms with E-state index in [9.17, 15) is 0 Å². The summed E-state index contributed by atoms with van der Waals surface area (Å²) in [6.45, 7) is 9.74. The number of para-hydroxylation sites is 1. The van der Waals surface area contributed by atoms with Crippen LogP contribution < -0.4 is 10.5 Å². The molecule has 2 unspecified atom stereocenters. The zero-order valence-electron chi connectivity index (χ0n) is 12.9. The molecule has 0 radical (unpaired) electrons. The summed E-state index contributed by atoms with van der Waals surface area (Å²) in [6.07, 6.45) is 0.950. The second kappa shape index (κ2) is 7.51. The predicted molar refractivity (Wildman–Crippen MR) is 81.5 cm³/mol. The standard InChI is InChI=1S/C16H28N2O/c1-6-14(17)16(18(7-2)12(3)4)13-10-8-9-11-15(13)19-5/h8-12,14,16H,6-7,17H2,1-5H3. The average Bonchev–Trinajstić information content (AvgIpc) is 2.43. The first-order valence-corrected chi connectivity index (χ1v) is 7.20. The third-order valence-corrected chi connectivity index (χ3v) is 3.72. The molecular weight excluding hydrogens is 236 g/mol. The molecule has 19 heavy (non-hydrogen) atoms. The van der Waals surface area contributed by atoms with Gasteiger partial charge in [0.15, 0.2) is 0 Å². The van der Waals surface area contributed by atoms with Crippen molar-refractivity contribution in [2.75, 3.05) is 13.7 Å². The fourth-order valence-corrected chi connectivity index (χ4v) is 2.67. The van der Waals surface area contributed by atoms with Crippen molar-refractivity contribution in [1.29, 1.82) is 0 Å². The van der Waals surface area contributed by atoms with E-state index < -0.39 is 0 Å². The number of likely N-dealkylation sites (N-methyl/N-ethyl adjacent to an activating group) is 1. The molecule has 0 spiro atoms. The van der Waals surface area contributed by atoms with E-state index in [4.69, 9.17) is 10.5 Å². The van der Waals surface area contributed by atoms with E-state index in [1.165, 1.54) is 5.56 Å². The average molecular weight is 264 g/mol. The minimum Gasteiger partial charge on any atom is -0.496 e. The van der Waals surface area contributed by atoms with Crippen LogP contribution in [0.3, 0.4) is 0 Å². The molecule has 108 valence electrons. The van der Waals surface area contributed by atoms with Crippen LogP contribution in [0.15, 0.2) is 24.3 Å². The largest absolute Gasteiger partial charge is 0.496 e. The van der Waals surface area contributed by atoms with Gasteiger partial charge in [-0.25, -0.2) is 0 Å². The summed E-state index contributed by atoms with van der Waals surface area (Å²) in [4.78, 5) is 2.44. The first-order chi connectivity index (χ1) is 9.06. The summed E-state index contributed by atoms with van der Waals surface area (Å²) in [7, 11) is 1.72. The van der Waals surface area contributed by atoms with Gasteiger partial charge in [0, 0.05) is 17.6 Å². The van der Waals surface area contributed by atoms with Crippen molar-refractivity contribution in [3.63, 3.8) is 0 Å². The Morgan fingerprint density at radius 2 is 1.84 bits per heavy atom. The third-order valence-electron chi connectivity index (χ3n) is 3.72. The number of hydrogen-bond donors (Lipinski definition) is 1. The number of rotatable bonds is 7. The smallest absolute Gasteiger partial charge is 0.123 e. The molecule has 0 saturated heterocycles. The van der Waals surface area contributed by atoms with Crippen molar-refractivity contribution in [2.24, 2.45) is 5.73 Å². The lowest BCUT2D eigenvalue weighted by Gasteiger charge is -2.38. The molecule has 2 N–H and O–H groups in total. The maximum Gasteiger partial charge on any atom is 0.123 e. The number of benzene rings is 1. The molecule has 3 heteroatoms. The lowest BCUT2D eigenvalue weighted by Crippen LogP contribution is -2.44. The molecule has 0 fully saturated rings. The highest BCUT2D eigenvalue weighted by Gasteiger charge is 2.28. The zero-order chi connectivity index (χ0) is 14.4. The molecule has 2 atom stereocenters. The van der Waals surface area contributed by atoms with Crippen LogP contribution in [-0.4, -0.2) is 30.6 Å². The van der Waals surface area contributed by atoms with Gasteiger partial charge in [-0.15, -0.1) is 0 Å². The molecule has 0 aliphatic carbocycles. The van der Waals surface area contributed by atoms with Gasteiger partial charge in [-0.2, -0.15) is 0 Å². The van der Waals surface area contributed by atoms with Gasteiger partial charge in [0.2, 0.25) is 0 Å². The second-order valence-corrected chi connectivity index (χ2v) is 5.18. The molecule has 0 saturated carbocycles. The van der Waals surface area contributed by atoms with Crippen molar-refractivity contribution < 1.29 is 4.74 Å². The van der Waals surface area contributed by atoms with Crippen molar-refractivity contribution in [3.8, 4) is 5.75 Å². The van der Waals surface area contributed by atoms with Gasteiger partial charge in [0.05, 0.1) is 13.2 Å². The lowest BCUT2D eigenvalue weighted by molar-refractivity contribution is 0.135. The number of hydrogen-bond acceptors (Lipinski definition) is 3. The number of nitrogens with two attached hydrogens (primary N) is 1. The van der Waals surface area contributed by atoms with Gasteiger partial charge in [-0.1, -0.05) is 32.0 Å². The van der Waals surface area contributed by atoms with Gasteiger partial charge in [0.25, 0.3) is 0 Å². The van der Waals surface area contributed by atoms with E-state index >= 15 is 0 Å². The summed E-state index contributed by atoms with van der Waals surface area (Å²) in [5.41, 5.74) is 7.58. The Labute approximate surface area is 117 Å². The van der Waals surface area contributed by atoms with Crippen LogP contribution in [-0.2, 0) is 0 Å². The van der Waals surface area contributed by atoms with Crippen molar-refractivity contribution >= 4 is 0 Å². The van der Waals surface area contributed by atoms with E-state index in [-0.39, 0.29) is 12.1 Å². The Bertz CT molecular complexity index is 379. The Morgan fingerprint density at radius 1 is 1.21 bits per heavy atom. The summed E-state index contributed by atoms with van der Waals surface area (Å²) in [5, 5.41) is 0.